The number of aryl methyl sites for hydroxylation is 1. The summed E-state index contributed by atoms with van der Waals surface area (Å²) in [7, 11) is -3.37. The molecule has 2 rings (SSSR count). The minimum Gasteiger partial charge on any atom is -0.211 e. The molecule has 3 nitrogen and oxygen atoms in total. The van der Waals surface area contributed by atoms with Crippen LogP contribution in [-0.2, 0) is 10.0 Å². The monoisotopic (exact) mass is 267 g/mol. The van der Waals surface area contributed by atoms with Crippen molar-refractivity contribution in [2.45, 2.75) is 38.5 Å². The summed E-state index contributed by atoms with van der Waals surface area (Å²) in [6.45, 7) is 6.70. The molecule has 0 spiro atoms. The lowest BCUT2D eigenvalue weighted by atomic mass is 9.93. The highest BCUT2D eigenvalue weighted by molar-refractivity contribution is 7.89. The lowest BCUT2D eigenvalue weighted by Crippen LogP contribution is -2.32. The van der Waals surface area contributed by atoms with Gasteiger partial charge in [0.1, 0.15) is 0 Å². The molecule has 1 aliphatic rings. The van der Waals surface area contributed by atoms with Gasteiger partial charge in [-0.3, -0.25) is 0 Å². The molecule has 1 aliphatic carbocycles. The van der Waals surface area contributed by atoms with Crippen LogP contribution in [0, 0.1) is 18.3 Å². The second-order valence-electron chi connectivity index (χ2n) is 5.61. The highest BCUT2D eigenvalue weighted by atomic mass is 32.2. The van der Waals surface area contributed by atoms with Crippen LogP contribution in [0.25, 0.3) is 0 Å². The Morgan fingerprint density at radius 3 is 2.39 bits per heavy atom. The highest BCUT2D eigenvalue weighted by Crippen LogP contribution is 2.51. The van der Waals surface area contributed by atoms with E-state index < -0.39 is 10.0 Å². The Bertz CT molecular complexity index is 530. The molecule has 1 N–H and O–H groups in total. The third kappa shape index (κ3) is 2.59. The quantitative estimate of drug-likeness (QED) is 0.891. The summed E-state index contributed by atoms with van der Waals surface area (Å²) in [5, 5.41) is 0. The minimum atomic E-state index is -3.37. The Morgan fingerprint density at radius 2 is 1.89 bits per heavy atom. The van der Waals surface area contributed by atoms with Crippen LogP contribution in [0.15, 0.2) is 29.2 Å². The first-order valence-electron chi connectivity index (χ1n) is 6.43. The van der Waals surface area contributed by atoms with Crippen LogP contribution in [0.2, 0.25) is 0 Å². The average Bonchev–Trinajstić information content (AvgIpc) is 3.08. The maximum Gasteiger partial charge on any atom is 0.240 e. The number of hydrogen-bond donors (Lipinski definition) is 1. The van der Waals surface area contributed by atoms with Crippen molar-refractivity contribution in [1.82, 2.24) is 4.72 Å². The van der Waals surface area contributed by atoms with Crippen LogP contribution in [0.3, 0.4) is 0 Å². The Labute approximate surface area is 110 Å². The van der Waals surface area contributed by atoms with Crippen molar-refractivity contribution in [3.05, 3.63) is 29.8 Å². The highest BCUT2D eigenvalue weighted by Gasteiger charge is 2.45. The van der Waals surface area contributed by atoms with E-state index in [0.29, 0.717) is 17.4 Å². The molecule has 0 saturated heterocycles. The smallest absolute Gasteiger partial charge is 0.211 e. The van der Waals surface area contributed by atoms with Gasteiger partial charge in [0.05, 0.1) is 4.90 Å². The summed E-state index contributed by atoms with van der Waals surface area (Å²) in [5.41, 5.74) is 0.981. The molecule has 18 heavy (non-hydrogen) atoms. The summed E-state index contributed by atoms with van der Waals surface area (Å²) >= 11 is 0. The van der Waals surface area contributed by atoms with E-state index in [0.717, 1.165) is 18.4 Å². The molecule has 0 atom stereocenters. The zero-order valence-electron chi connectivity index (χ0n) is 11.2. The molecule has 0 aliphatic heterocycles. The van der Waals surface area contributed by atoms with E-state index in [2.05, 4.69) is 18.6 Å². The molecule has 0 unspecified atom stereocenters. The first-order chi connectivity index (χ1) is 8.37. The largest absolute Gasteiger partial charge is 0.240 e. The molecule has 0 aromatic heterocycles. The van der Waals surface area contributed by atoms with Crippen LogP contribution >= 0.6 is 0 Å². The van der Waals surface area contributed by atoms with Crippen molar-refractivity contribution < 1.29 is 8.42 Å². The van der Waals surface area contributed by atoms with Gasteiger partial charge in [-0.05, 0) is 42.7 Å². The van der Waals surface area contributed by atoms with Crippen LogP contribution in [0.4, 0.5) is 0 Å². The third-order valence-electron chi connectivity index (χ3n) is 4.11. The predicted molar refractivity (Wildman–Crippen MR) is 72.9 cm³/mol. The van der Waals surface area contributed by atoms with E-state index in [4.69, 9.17) is 0 Å². The normalized spacial score (nSPS) is 18.0. The summed E-state index contributed by atoms with van der Waals surface area (Å²) < 4.78 is 27.3. The number of benzene rings is 1. The van der Waals surface area contributed by atoms with Gasteiger partial charge < -0.3 is 0 Å². The number of nitrogens with one attached hydrogen (secondary N) is 1. The van der Waals surface area contributed by atoms with Crippen LogP contribution in [0.5, 0.6) is 0 Å². The maximum absolute atomic E-state index is 12.2. The molecular formula is C14H21NO2S. The molecule has 1 aromatic rings. The van der Waals surface area contributed by atoms with E-state index in [9.17, 15) is 8.42 Å². The fraction of sp³-hybridized carbons (Fsp3) is 0.571. The van der Waals surface area contributed by atoms with E-state index >= 15 is 0 Å². The van der Waals surface area contributed by atoms with E-state index in [1.165, 1.54) is 0 Å². The zero-order valence-corrected chi connectivity index (χ0v) is 12.0. The van der Waals surface area contributed by atoms with E-state index in [1.807, 2.05) is 19.1 Å². The van der Waals surface area contributed by atoms with E-state index in [1.54, 1.807) is 12.1 Å². The van der Waals surface area contributed by atoms with Gasteiger partial charge in [0.15, 0.2) is 0 Å². The molecule has 100 valence electrons. The molecule has 4 heteroatoms. The Morgan fingerprint density at radius 1 is 1.28 bits per heavy atom. The Kier molecular flexibility index (Phi) is 3.52. The van der Waals surface area contributed by atoms with Crippen LogP contribution < -0.4 is 4.72 Å². The summed E-state index contributed by atoms with van der Waals surface area (Å²) in [4.78, 5) is 0.393. The van der Waals surface area contributed by atoms with Gasteiger partial charge in [-0.25, -0.2) is 13.1 Å². The predicted octanol–water partition coefficient (Wildman–Crippen LogP) is 2.71. The molecule has 1 saturated carbocycles. The average molecular weight is 267 g/mol. The topological polar surface area (TPSA) is 46.2 Å². The minimum absolute atomic E-state index is 0.190. The Hall–Kier alpha value is -0.870. The first-order valence-corrected chi connectivity index (χ1v) is 7.91. The molecule has 1 fully saturated rings. The van der Waals surface area contributed by atoms with Gasteiger partial charge in [-0.1, -0.05) is 32.0 Å². The van der Waals surface area contributed by atoms with Crippen LogP contribution in [0.1, 0.15) is 32.3 Å². The third-order valence-corrected chi connectivity index (χ3v) is 5.68. The second-order valence-corrected chi connectivity index (χ2v) is 7.34. The summed E-state index contributed by atoms with van der Waals surface area (Å²) in [5.74, 6) is 0.525. The second kappa shape index (κ2) is 4.67. The van der Waals surface area contributed by atoms with Crippen molar-refractivity contribution in [1.29, 1.82) is 0 Å². The van der Waals surface area contributed by atoms with Crippen molar-refractivity contribution in [3.8, 4) is 0 Å². The van der Waals surface area contributed by atoms with Gasteiger partial charge in [0, 0.05) is 6.54 Å². The van der Waals surface area contributed by atoms with Crippen molar-refractivity contribution in [2.75, 3.05) is 6.54 Å². The molecular weight excluding hydrogens is 246 g/mol. The molecule has 0 radical (unpaired) electrons. The molecule has 0 heterocycles. The van der Waals surface area contributed by atoms with Crippen molar-refractivity contribution >= 4 is 10.0 Å². The molecule has 1 aromatic carbocycles. The SMILES string of the molecule is Cc1ccccc1S(=O)(=O)NCC1(C(C)C)CC1. The van der Waals surface area contributed by atoms with Gasteiger partial charge in [0.2, 0.25) is 10.0 Å². The fourth-order valence-electron chi connectivity index (χ4n) is 2.29. The first kappa shape index (κ1) is 13.6. The lowest BCUT2D eigenvalue weighted by molar-refractivity contribution is 0.357. The van der Waals surface area contributed by atoms with Crippen molar-refractivity contribution in [3.63, 3.8) is 0 Å². The van der Waals surface area contributed by atoms with Gasteiger partial charge in [-0.2, -0.15) is 0 Å². The number of hydrogen-bond acceptors (Lipinski definition) is 2. The molecule has 0 amide bonds. The lowest BCUT2D eigenvalue weighted by Gasteiger charge is -2.20. The van der Waals surface area contributed by atoms with Gasteiger partial charge in [0.25, 0.3) is 0 Å². The number of rotatable bonds is 5. The van der Waals surface area contributed by atoms with E-state index in [-0.39, 0.29) is 5.41 Å². The molecule has 0 bridgehead atoms. The zero-order chi connectivity index (χ0) is 13.4. The maximum atomic E-state index is 12.2. The van der Waals surface area contributed by atoms with Crippen LogP contribution in [-0.4, -0.2) is 15.0 Å². The summed E-state index contributed by atoms with van der Waals surface area (Å²) in [6, 6.07) is 7.10. The standard InChI is InChI=1S/C14H21NO2S/c1-11(2)14(8-9-14)10-15-18(16,17)13-7-5-4-6-12(13)3/h4-7,11,15H,8-10H2,1-3H3. The van der Waals surface area contributed by atoms with Crippen molar-refractivity contribution in [2.24, 2.45) is 11.3 Å². The summed E-state index contributed by atoms with van der Waals surface area (Å²) in [6.07, 6.45) is 2.25. The fourth-order valence-corrected chi connectivity index (χ4v) is 3.68. The van der Waals surface area contributed by atoms with Gasteiger partial charge in [-0.15, -0.1) is 0 Å². The number of sulfonamides is 1. The van der Waals surface area contributed by atoms with Gasteiger partial charge >= 0.3 is 0 Å². The Balaban J connectivity index is 2.12.